The van der Waals surface area contributed by atoms with Crippen LogP contribution in [0.4, 0.5) is 5.69 Å². The second-order valence-corrected chi connectivity index (χ2v) is 5.47. The lowest BCUT2D eigenvalue weighted by Gasteiger charge is -2.18. The molecule has 0 aliphatic carbocycles. The van der Waals surface area contributed by atoms with Crippen molar-refractivity contribution in [1.29, 1.82) is 0 Å². The van der Waals surface area contributed by atoms with Crippen LogP contribution >= 0.6 is 0 Å². The van der Waals surface area contributed by atoms with Crippen LogP contribution in [0.25, 0.3) is 11.4 Å². The van der Waals surface area contributed by atoms with E-state index < -0.39 is 0 Å². The monoisotopic (exact) mass is 257 g/mol. The van der Waals surface area contributed by atoms with Gasteiger partial charge in [-0.15, -0.1) is 0 Å². The SMILES string of the molecule is COc1ccc(-c2nccc(C(C)(C)C)n2)c(N)c1. The van der Waals surface area contributed by atoms with Crippen LogP contribution in [0.3, 0.4) is 0 Å². The highest BCUT2D eigenvalue weighted by Gasteiger charge is 2.17. The van der Waals surface area contributed by atoms with Crippen LogP contribution in [-0.4, -0.2) is 17.1 Å². The van der Waals surface area contributed by atoms with Crippen molar-refractivity contribution >= 4 is 5.69 Å². The van der Waals surface area contributed by atoms with E-state index in [0.29, 0.717) is 11.5 Å². The van der Waals surface area contributed by atoms with E-state index in [1.54, 1.807) is 19.4 Å². The molecule has 0 unspecified atom stereocenters. The molecular formula is C15H19N3O. The number of anilines is 1. The molecule has 100 valence electrons. The molecule has 1 aromatic heterocycles. The van der Waals surface area contributed by atoms with Crippen LogP contribution in [0.2, 0.25) is 0 Å². The number of methoxy groups -OCH3 is 1. The summed E-state index contributed by atoms with van der Waals surface area (Å²) in [5, 5.41) is 0. The number of hydrogen-bond acceptors (Lipinski definition) is 4. The maximum Gasteiger partial charge on any atom is 0.161 e. The van der Waals surface area contributed by atoms with Crippen LogP contribution in [0.15, 0.2) is 30.5 Å². The fourth-order valence-electron chi connectivity index (χ4n) is 1.78. The lowest BCUT2D eigenvalue weighted by Crippen LogP contribution is -2.14. The second kappa shape index (κ2) is 4.88. The molecule has 0 saturated carbocycles. The van der Waals surface area contributed by atoms with Gasteiger partial charge in [0.05, 0.1) is 7.11 Å². The van der Waals surface area contributed by atoms with E-state index in [4.69, 9.17) is 10.5 Å². The fourth-order valence-corrected chi connectivity index (χ4v) is 1.78. The number of ether oxygens (including phenoxy) is 1. The highest BCUT2D eigenvalue weighted by molar-refractivity contribution is 5.72. The number of nitrogens with two attached hydrogens (primary N) is 1. The smallest absolute Gasteiger partial charge is 0.161 e. The highest BCUT2D eigenvalue weighted by Crippen LogP contribution is 2.28. The molecule has 2 N–H and O–H groups in total. The molecule has 0 atom stereocenters. The number of nitrogen functional groups attached to an aromatic ring is 1. The molecule has 0 radical (unpaired) electrons. The maximum absolute atomic E-state index is 6.03. The third kappa shape index (κ3) is 2.84. The van der Waals surface area contributed by atoms with Crippen molar-refractivity contribution < 1.29 is 4.74 Å². The third-order valence-corrected chi connectivity index (χ3v) is 2.92. The summed E-state index contributed by atoms with van der Waals surface area (Å²) in [7, 11) is 1.62. The fraction of sp³-hybridized carbons (Fsp3) is 0.333. The van der Waals surface area contributed by atoms with Gasteiger partial charge < -0.3 is 10.5 Å². The van der Waals surface area contributed by atoms with Crippen LogP contribution < -0.4 is 10.5 Å². The van der Waals surface area contributed by atoms with Crippen molar-refractivity contribution in [2.75, 3.05) is 12.8 Å². The summed E-state index contributed by atoms with van der Waals surface area (Å²) in [6.45, 7) is 6.36. The van der Waals surface area contributed by atoms with Crippen LogP contribution in [0, 0.1) is 0 Å². The molecule has 4 heteroatoms. The number of benzene rings is 1. The van der Waals surface area contributed by atoms with E-state index in [1.165, 1.54) is 0 Å². The maximum atomic E-state index is 6.03. The molecule has 0 bridgehead atoms. The number of rotatable bonds is 2. The van der Waals surface area contributed by atoms with Gasteiger partial charge in [-0.05, 0) is 18.2 Å². The quantitative estimate of drug-likeness (QED) is 0.840. The summed E-state index contributed by atoms with van der Waals surface area (Å²) < 4.78 is 5.14. The van der Waals surface area contributed by atoms with Gasteiger partial charge in [0.1, 0.15) is 5.75 Å². The molecule has 0 amide bonds. The Balaban J connectivity index is 2.48. The molecule has 0 fully saturated rings. The largest absolute Gasteiger partial charge is 0.497 e. The Labute approximate surface area is 113 Å². The average Bonchev–Trinajstić information content (AvgIpc) is 2.37. The third-order valence-electron chi connectivity index (χ3n) is 2.92. The van der Waals surface area contributed by atoms with E-state index >= 15 is 0 Å². The second-order valence-electron chi connectivity index (χ2n) is 5.47. The van der Waals surface area contributed by atoms with E-state index in [0.717, 1.165) is 17.0 Å². The van der Waals surface area contributed by atoms with E-state index in [2.05, 4.69) is 30.7 Å². The first-order valence-electron chi connectivity index (χ1n) is 6.19. The summed E-state index contributed by atoms with van der Waals surface area (Å²) in [5.41, 5.74) is 8.45. The van der Waals surface area contributed by atoms with E-state index in [1.807, 2.05) is 18.2 Å². The average molecular weight is 257 g/mol. The minimum Gasteiger partial charge on any atom is -0.497 e. The van der Waals surface area contributed by atoms with Gasteiger partial charge in [0.15, 0.2) is 5.82 Å². The molecule has 1 heterocycles. The summed E-state index contributed by atoms with van der Waals surface area (Å²) in [5.74, 6) is 1.38. The van der Waals surface area contributed by atoms with Crippen molar-refractivity contribution in [3.63, 3.8) is 0 Å². The molecule has 0 aliphatic rings. The predicted molar refractivity (Wildman–Crippen MR) is 77.1 cm³/mol. The van der Waals surface area contributed by atoms with Crippen LogP contribution in [-0.2, 0) is 5.41 Å². The van der Waals surface area contributed by atoms with Gasteiger partial charge in [-0.2, -0.15) is 0 Å². The van der Waals surface area contributed by atoms with Gasteiger partial charge >= 0.3 is 0 Å². The molecule has 2 aromatic rings. The number of nitrogens with zero attached hydrogens (tertiary/aromatic N) is 2. The number of aromatic nitrogens is 2. The molecule has 4 nitrogen and oxygen atoms in total. The highest BCUT2D eigenvalue weighted by atomic mass is 16.5. The van der Waals surface area contributed by atoms with Crippen molar-refractivity contribution in [2.24, 2.45) is 0 Å². The van der Waals surface area contributed by atoms with Gasteiger partial charge in [-0.1, -0.05) is 20.8 Å². The molecule has 0 saturated heterocycles. The Bertz CT molecular complexity index is 588. The first-order chi connectivity index (χ1) is 8.91. The van der Waals surface area contributed by atoms with Crippen LogP contribution in [0.5, 0.6) is 5.75 Å². The number of hydrogen-bond donors (Lipinski definition) is 1. The van der Waals surface area contributed by atoms with Gasteiger partial charge in [0.2, 0.25) is 0 Å². The Morgan fingerprint density at radius 3 is 2.47 bits per heavy atom. The minimum absolute atomic E-state index is 0.0150. The Morgan fingerprint density at radius 1 is 1.16 bits per heavy atom. The molecule has 1 aromatic carbocycles. The Kier molecular flexibility index (Phi) is 3.42. The predicted octanol–water partition coefficient (Wildman–Crippen LogP) is 3.03. The van der Waals surface area contributed by atoms with Crippen molar-refractivity contribution in [3.8, 4) is 17.1 Å². The van der Waals surface area contributed by atoms with Crippen LogP contribution in [0.1, 0.15) is 26.5 Å². The minimum atomic E-state index is -0.0150. The lowest BCUT2D eigenvalue weighted by atomic mass is 9.92. The summed E-state index contributed by atoms with van der Waals surface area (Å²) >= 11 is 0. The summed E-state index contributed by atoms with van der Waals surface area (Å²) in [6.07, 6.45) is 1.77. The van der Waals surface area contributed by atoms with E-state index in [9.17, 15) is 0 Å². The summed E-state index contributed by atoms with van der Waals surface area (Å²) in [6, 6.07) is 7.46. The first-order valence-corrected chi connectivity index (χ1v) is 6.19. The lowest BCUT2D eigenvalue weighted by molar-refractivity contribution is 0.415. The zero-order valence-corrected chi connectivity index (χ0v) is 11.8. The first kappa shape index (κ1) is 13.3. The zero-order chi connectivity index (χ0) is 14.0. The van der Waals surface area contributed by atoms with Gasteiger partial charge in [-0.3, -0.25) is 0 Å². The Hall–Kier alpha value is -2.10. The molecule has 19 heavy (non-hydrogen) atoms. The topological polar surface area (TPSA) is 61.0 Å². The van der Waals surface area contributed by atoms with Crippen molar-refractivity contribution in [3.05, 3.63) is 36.2 Å². The molecule has 0 spiro atoms. The van der Waals surface area contributed by atoms with Gasteiger partial charge in [0.25, 0.3) is 0 Å². The zero-order valence-electron chi connectivity index (χ0n) is 11.8. The normalized spacial score (nSPS) is 11.4. The molecule has 0 aliphatic heterocycles. The van der Waals surface area contributed by atoms with E-state index in [-0.39, 0.29) is 5.41 Å². The molecule has 2 rings (SSSR count). The standard InChI is InChI=1S/C15H19N3O/c1-15(2,3)13-7-8-17-14(18-13)11-6-5-10(19-4)9-12(11)16/h5-9H,16H2,1-4H3. The van der Waals surface area contributed by atoms with Gasteiger partial charge in [-0.25, -0.2) is 9.97 Å². The van der Waals surface area contributed by atoms with Gasteiger partial charge in [0, 0.05) is 34.6 Å². The van der Waals surface area contributed by atoms with Crippen molar-refractivity contribution in [2.45, 2.75) is 26.2 Å². The summed E-state index contributed by atoms with van der Waals surface area (Å²) in [4.78, 5) is 8.91. The van der Waals surface area contributed by atoms with Crippen molar-refractivity contribution in [1.82, 2.24) is 9.97 Å². The molecular weight excluding hydrogens is 238 g/mol. The Morgan fingerprint density at radius 2 is 1.89 bits per heavy atom.